The number of fused-ring (bicyclic) bond motifs is 2. The summed E-state index contributed by atoms with van der Waals surface area (Å²) in [6.07, 6.45) is 4.09. The van der Waals surface area contributed by atoms with E-state index in [1.54, 1.807) is 4.68 Å². The van der Waals surface area contributed by atoms with Crippen LogP contribution in [0.4, 0.5) is 5.82 Å². The topological polar surface area (TPSA) is 79.3 Å². The lowest BCUT2D eigenvalue weighted by atomic mass is 9.99. The highest BCUT2D eigenvalue weighted by Gasteiger charge is 2.40. The van der Waals surface area contributed by atoms with Gasteiger partial charge in [0.1, 0.15) is 5.82 Å². The van der Waals surface area contributed by atoms with Crippen molar-refractivity contribution in [2.75, 3.05) is 5.43 Å². The minimum atomic E-state index is -0.115. The molecule has 6 heteroatoms. The summed E-state index contributed by atoms with van der Waals surface area (Å²) in [6.45, 7) is 2.90. The molecule has 2 aliphatic heterocycles. The van der Waals surface area contributed by atoms with E-state index in [0.717, 1.165) is 30.9 Å². The Morgan fingerprint density at radius 3 is 2.58 bits per heavy atom. The lowest BCUT2D eigenvalue weighted by molar-refractivity contribution is 0.0310. The van der Waals surface area contributed by atoms with Crippen LogP contribution >= 0.6 is 0 Å². The number of aromatic nitrogens is 2. The van der Waals surface area contributed by atoms with Crippen molar-refractivity contribution in [2.45, 2.75) is 57.3 Å². The number of aliphatic hydroxyl groups is 1. The maximum atomic E-state index is 9.86. The average molecular weight is 265 g/mol. The molecule has 2 aliphatic rings. The van der Waals surface area contributed by atoms with E-state index in [0.29, 0.717) is 12.1 Å². The number of hydrogen-bond donors (Lipinski definition) is 3. The number of hydrogen-bond acceptors (Lipinski definition) is 5. The molecule has 2 atom stereocenters. The molecule has 4 N–H and O–H groups in total. The molecular formula is C13H23N5O. The molecular weight excluding hydrogens is 242 g/mol. The number of nitrogens with two attached hydrogens (primary N) is 1. The van der Waals surface area contributed by atoms with Gasteiger partial charge in [-0.05, 0) is 32.6 Å². The molecule has 1 aromatic rings. The van der Waals surface area contributed by atoms with Crippen molar-refractivity contribution in [2.24, 2.45) is 12.9 Å². The smallest absolute Gasteiger partial charge is 0.142 e. The Kier molecular flexibility index (Phi) is 3.24. The van der Waals surface area contributed by atoms with E-state index in [1.807, 2.05) is 14.0 Å². The summed E-state index contributed by atoms with van der Waals surface area (Å²) in [5.74, 6) is 6.50. The molecule has 0 aliphatic carbocycles. The number of piperidine rings is 1. The summed E-state index contributed by atoms with van der Waals surface area (Å²) >= 11 is 0. The molecule has 3 heterocycles. The molecule has 0 saturated carbocycles. The lowest BCUT2D eigenvalue weighted by Gasteiger charge is -2.37. The Morgan fingerprint density at radius 1 is 1.37 bits per heavy atom. The molecule has 6 nitrogen and oxygen atoms in total. The predicted octanol–water partition coefficient (Wildman–Crippen LogP) is 0.502. The Morgan fingerprint density at radius 2 is 2.00 bits per heavy atom. The van der Waals surface area contributed by atoms with Gasteiger partial charge < -0.3 is 10.5 Å². The van der Waals surface area contributed by atoms with E-state index in [9.17, 15) is 5.11 Å². The Labute approximate surface area is 113 Å². The van der Waals surface area contributed by atoms with Gasteiger partial charge in [0.05, 0.1) is 11.8 Å². The second-order valence-electron chi connectivity index (χ2n) is 5.86. The Balaban J connectivity index is 1.83. The quantitative estimate of drug-likeness (QED) is 0.548. The molecule has 3 rings (SSSR count). The third-order valence-electron chi connectivity index (χ3n) is 4.68. The highest BCUT2D eigenvalue weighted by molar-refractivity contribution is 5.46. The predicted molar refractivity (Wildman–Crippen MR) is 73.3 cm³/mol. The molecule has 2 fully saturated rings. The molecule has 2 bridgehead atoms. The van der Waals surface area contributed by atoms with Gasteiger partial charge in [0, 0.05) is 31.2 Å². The third-order valence-corrected chi connectivity index (χ3v) is 4.68. The van der Waals surface area contributed by atoms with Crippen molar-refractivity contribution >= 4 is 5.82 Å². The molecule has 0 amide bonds. The number of rotatable bonds is 3. The lowest BCUT2D eigenvalue weighted by Crippen LogP contribution is -2.44. The maximum Gasteiger partial charge on any atom is 0.142 e. The van der Waals surface area contributed by atoms with Gasteiger partial charge in [0.15, 0.2) is 0 Å². The zero-order valence-electron chi connectivity index (χ0n) is 11.6. The number of nitrogens with zero attached hydrogens (tertiary/aromatic N) is 3. The zero-order valence-corrected chi connectivity index (χ0v) is 11.6. The van der Waals surface area contributed by atoms with Gasteiger partial charge in [-0.3, -0.25) is 9.58 Å². The number of nitrogen functional groups attached to an aromatic ring is 1. The SMILES string of the molecule is Cc1nn(C)c(NN)c1CN1C2CCC1CC(O)C2. The summed E-state index contributed by atoms with van der Waals surface area (Å²) < 4.78 is 1.80. The molecule has 2 unspecified atom stereocenters. The van der Waals surface area contributed by atoms with Crippen molar-refractivity contribution < 1.29 is 5.11 Å². The van der Waals surface area contributed by atoms with E-state index in [-0.39, 0.29) is 6.10 Å². The molecule has 0 radical (unpaired) electrons. The molecule has 0 spiro atoms. The van der Waals surface area contributed by atoms with Crippen LogP contribution in [0.2, 0.25) is 0 Å². The van der Waals surface area contributed by atoms with E-state index >= 15 is 0 Å². The minimum Gasteiger partial charge on any atom is -0.393 e. The summed E-state index contributed by atoms with van der Waals surface area (Å²) in [5.41, 5.74) is 4.97. The van der Waals surface area contributed by atoms with Crippen LogP contribution in [0.15, 0.2) is 0 Å². The first kappa shape index (κ1) is 12.9. The molecule has 19 heavy (non-hydrogen) atoms. The number of nitrogens with one attached hydrogen (secondary N) is 1. The monoisotopic (exact) mass is 265 g/mol. The summed E-state index contributed by atoms with van der Waals surface area (Å²) in [4.78, 5) is 2.53. The van der Waals surface area contributed by atoms with Gasteiger partial charge in [-0.1, -0.05) is 0 Å². The molecule has 106 valence electrons. The molecule has 0 aromatic carbocycles. The second-order valence-corrected chi connectivity index (χ2v) is 5.86. The van der Waals surface area contributed by atoms with E-state index in [2.05, 4.69) is 15.4 Å². The fourth-order valence-electron chi connectivity index (χ4n) is 3.76. The molecule has 2 saturated heterocycles. The van der Waals surface area contributed by atoms with Crippen molar-refractivity contribution in [3.63, 3.8) is 0 Å². The first-order chi connectivity index (χ1) is 9.10. The van der Waals surface area contributed by atoms with Gasteiger partial charge in [-0.15, -0.1) is 0 Å². The number of aryl methyl sites for hydroxylation is 2. The Hall–Kier alpha value is -1.11. The van der Waals surface area contributed by atoms with Gasteiger partial charge in [-0.2, -0.15) is 5.10 Å². The minimum absolute atomic E-state index is 0.115. The Bertz CT molecular complexity index is 458. The van der Waals surface area contributed by atoms with E-state index < -0.39 is 0 Å². The average Bonchev–Trinajstić information content (AvgIpc) is 2.75. The summed E-state index contributed by atoms with van der Waals surface area (Å²) in [6, 6.07) is 1.03. The van der Waals surface area contributed by atoms with Gasteiger partial charge in [-0.25, -0.2) is 5.84 Å². The van der Waals surface area contributed by atoms with Crippen LogP contribution in [0.25, 0.3) is 0 Å². The number of hydrazine groups is 1. The summed E-state index contributed by atoms with van der Waals surface area (Å²) in [7, 11) is 1.90. The highest BCUT2D eigenvalue weighted by Crippen LogP contribution is 2.37. The zero-order chi connectivity index (χ0) is 13.6. The van der Waals surface area contributed by atoms with Crippen LogP contribution in [0.3, 0.4) is 0 Å². The van der Waals surface area contributed by atoms with Crippen LogP contribution in [0.5, 0.6) is 0 Å². The van der Waals surface area contributed by atoms with Crippen LogP contribution in [-0.2, 0) is 13.6 Å². The first-order valence-electron chi connectivity index (χ1n) is 7.03. The summed E-state index contributed by atoms with van der Waals surface area (Å²) in [5, 5.41) is 14.3. The largest absolute Gasteiger partial charge is 0.393 e. The van der Waals surface area contributed by atoms with Crippen molar-refractivity contribution in [1.82, 2.24) is 14.7 Å². The number of anilines is 1. The van der Waals surface area contributed by atoms with Crippen LogP contribution in [0.1, 0.15) is 36.9 Å². The third kappa shape index (κ3) is 2.13. The van der Waals surface area contributed by atoms with Crippen molar-refractivity contribution in [3.05, 3.63) is 11.3 Å². The van der Waals surface area contributed by atoms with E-state index in [4.69, 9.17) is 5.84 Å². The van der Waals surface area contributed by atoms with Gasteiger partial charge in [0.2, 0.25) is 0 Å². The molecule has 1 aromatic heterocycles. The second kappa shape index (κ2) is 4.77. The van der Waals surface area contributed by atoms with Gasteiger partial charge >= 0.3 is 0 Å². The first-order valence-corrected chi connectivity index (χ1v) is 7.03. The van der Waals surface area contributed by atoms with Crippen molar-refractivity contribution in [3.8, 4) is 0 Å². The fourth-order valence-corrected chi connectivity index (χ4v) is 3.76. The fraction of sp³-hybridized carbons (Fsp3) is 0.769. The van der Waals surface area contributed by atoms with E-state index in [1.165, 1.54) is 18.4 Å². The number of aliphatic hydroxyl groups excluding tert-OH is 1. The highest BCUT2D eigenvalue weighted by atomic mass is 16.3. The maximum absolute atomic E-state index is 9.86. The van der Waals surface area contributed by atoms with Crippen LogP contribution < -0.4 is 11.3 Å². The van der Waals surface area contributed by atoms with Gasteiger partial charge in [0.25, 0.3) is 0 Å². The normalized spacial score (nSPS) is 30.8. The van der Waals surface area contributed by atoms with Crippen molar-refractivity contribution in [1.29, 1.82) is 0 Å². The standard InChI is InChI=1S/C13H23N5O/c1-8-12(13(15-14)17(2)16-8)7-18-9-3-4-10(18)6-11(19)5-9/h9-11,15,19H,3-7,14H2,1-2H3. The van der Waals surface area contributed by atoms with Crippen LogP contribution in [-0.4, -0.2) is 38.0 Å². The van der Waals surface area contributed by atoms with Crippen LogP contribution in [0, 0.1) is 6.92 Å².